The zero-order chi connectivity index (χ0) is 20.5. The first-order valence-corrected chi connectivity index (χ1v) is 8.43. The number of aryl methyl sites for hydroxylation is 1. The second kappa shape index (κ2) is 6.79. The fraction of sp³-hybridized carbons (Fsp3) is 0.400. The van der Waals surface area contributed by atoms with E-state index in [-0.39, 0.29) is 11.8 Å². The normalized spacial score (nSPS) is 13.8. The molecule has 0 spiro atoms. The maximum absolute atomic E-state index is 7.81. The number of rotatable bonds is 6. The molecule has 3 rings (SSSR count). The van der Waals surface area contributed by atoms with Crippen molar-refractivity contribution in [2.45, 2.75) is 26.3 Å². The van der Waals surface area contributed by atoms with Gasteiger partial charge in [-0.3, -0.25) is 4.68 Å². The molecule has 25 heavy (non-hydrogen) atoms. The van der Waals surface area contributed by atoms with Crippen molar-refractivity contribution in [2.75, 3.05) is 17.2 Å². The van der Waals surface area contributed by atoms with Crippen LogP contribution in [0.2, 0.25) is 0 Å². The summed E-state index contributed by atoms with van der Waals surface area (Å²) in [6, 6.07) is 1.63. The Morgan fingerprint density at radius 1 is 1.32 bits per heavy atom. The monoisotopic (exact) mass is 408 g/mol. The summed E-state index contributed by atoms with van der Waals surface area (Å²) in [5.74, 6) is 1.08. The van der Waals surface area contributed by atoms with Crippen LogP contribution in [0.4, 0.5) is 17.6 Å². The fourth-order valence-corrected chi connectivity index (χ4v) is 2.54. The van der Waals surface area contributed by atoms with E-state index in [0.29, 0.717) is 22.5 Å². The smallest absolute Gasteiger partial charge is 0.230 e. The molecule has 2 N–H and O–H groups in total. The standard InChI is InChI=1S/C15H20BrN9/c1-5-17-13-10(16)9-18-14(22-13)21-12-8-11(23-24(12)4)15(2,3)25-19-6-7-20-25/h6-9H,5H2,1-4H3,(H2,17,18,21,22)/i4D3. The zero-order valence-corrected chi connectivity index (χ0v) is 15.6. The molecule has 3 heterocycles. The van der Waals surface area contributed by atoms with Gasteiger partial charge in [0.1, 0.15) is 17.2 Å². The highest BCUT2D eigenvalue weighted by Gasteiger charge is 2.28. The molecule has 3 aromatic heterocycles. The van der Waals surface area contributed by atoms with Gasteiger partial charge in [-0.2, -0.15) is 25.1 Å². The molecule has 3 aromatic rings. The van der Waals surface area contributed by atoms with Crippen LogP contribution in [-0.4, -0.2) is 41.3 Å². The summed E-state index contributed by atoms with van der Waals surface area (Å²) in [6.45, 7) is 3.83. The summed E-state index contributed by atoms with van der Waals surface area (Å²) in [6.07, 6.45) is 4.70. The Kier molecular flexibility index (Phi) is 3.74. The summed E-state index contributed by atoms with van der Waals surface area (Å²) < 4.78 is 25.1. The molecule has 0 amide bonds. The first-order valence-electron chi connectivity index (χ1n) is 9.14. The van der Waals surface area contributed by atoms with Crippen molar-refractivity contribution in [3.63, 3.8) is 0 Å². The number of halogens is 1. The van der Waals surface area contributed by atoms with Crippen LogP contribution in [0.3, 0.4) is 0 Å². The maximum Gasteiger partial charge on any atom is 0.230 e. The summed E-state index contributed by atoms with van der Waals surface area (Å²) in [7, 11) is 0. The summed E-state index contributed by atoms with van der Waals surface area (Å²) in [4.78, 5) is 10.0. The van der Waals surface area contributed by atoms with Crippen molar-refractivity contribution < 1.29 is 4.11 Å². The van der Waals surface area contributed by atoms with Gasteiger partial charge in [-0.05, 0) is 36.7 Å². The first kappa shape index (κ1) is 13.8. The van der Waals surface area contributed by atoms with Crippen molar-refractivity contribution in [1.29, 1.82) is 0 Å². The van der Waals surface area contributed by atoms with Gasteiger partial charge in [-0.15, -0.1) is 0 Å². The third-order valence-electron chi connectivity index (χ3n) is 3.58. The average Bonchev–Trinajstić information content (AvgIpc) is 3.28. The average molecular weight is 409 g/mol. The Labute approximate surface area is 158 Å². The van der Waals surface area contributed by atoms with Crippen LogP contribution in [0.1, 0.15) is 30.6 Å². The molecular weight excluding hydrogens is 386 g/mol. The Morgan fingerprint density at radius 3 is 2.76 bits per heavy atom. The van der Waals surface area contributed by atoms with Crippen LogP contribution < -0.4 is 10.6 Å². The molecule has 0 fully saturated rings. The van der Waals surface area contributed by atoms with Crippen LogP contribution in [-0.2, 0) is 12.5 Å². The van der Waals surface area contributed by atoms with E-state index in [2.05, 4.69) is 51.8 Å². The molecule has 0 unspecified atom stereocenters. The molecule has 0 bridgehead atoms. The van der Waals surface area contributed by atoms with Crippen molar-refractivity contribution in [1.82, 2.24) is 34.7 Å². The van der Waals surface area contributed by atoms with Crippen LogP contribution >= 0.6 is 15.9 Å². The van der Waals surface area contributed by atoms with Gasteiger partial charge < -0.3 is 10.6 Å². The van der Waals surface area contributed by atoms with Gasteiger partial charge in [0.05, 0.1) is 22.6 Å². The fourth-order valence-electron chi connectivity index (χ4n) is 2.21. The minimum atomic E-state index is -2.49. The van der Waals surface area contributed by atoms with Crippen molar-refractivity contribution >= 4 is 33.5 Å². The van der Waals surface area contributed by atoms with E-state index in [1.807, 2.05) is 20.8 Å². The number of anilines is 3. The minimum absolute atomic E-state index is 0.236. The molecule has 0 radical (unpaired) electrons. The van der Waals surface area contributed by atoms with E-state index < -0.39 is 12.5 Å². The minimum Gasteiger partial charge on any atom is -0.369 e. The lowest BCUT2D eigenvalue weighted by Gasteiger charge is -2.20. The van der Waals surface area contributed by atoms with Gasteiger partial charge in [0.25, 0.3) is 0 Å². The Hall–Kier alpha value is -2.49. The molecule has 0 aromatic carbocycles. The van der Waals surface area contributed by atoms with Crippen LogP contribution in [0.15, 0.2) is 29.1 Å². The summed E-state index contributed by atoms with van der Waals surface area (Å²) in [5, 5.41) is 18.6. The number of nitrogens with zero attached hydrogens (tertiary/aromatic N) is 7. The maximum atomic E-state index is 7.81. The van der Waals surface area contributed by atoms with E-state index in [4.69, 9.17) is 4.11 Å². The van der Waals surface area contributed by atoms with E-state index in [9.17, 15) is 0 Å². The van der Waals surface area contributed by atoms with Gasteiger partial charge in [-0.25, -0.2) is 4.98 Å². The Balaban J connectivity index is 2.01. The SMILES string of the molecule is [2H]C([2H])([2H])n1nc(C(C)(C)n2nccn2)cc1Nc1ncc(Br)c(NCC)n1. The predicted octanol–water partition coefficient (Wildman–Crippen LogP) is 2.52. The lowest BCUT2D eigenvalue weighted by Crippen LogP contribution is -2.30. The van der Waals surface area contributed by atoms with Gasteiger partial charge >= 0.3 is 0 Å². The van der Waals surface area contributed by atoms with Crippen molar-refractivity contribution in [2.24, 2.45) is 6.98 Å². The topological polar surface area (TPSA) is 98.4 Å². The van der Waals surface area contributed by atoms with E-state index >= 15 is 0 Å². The molecule has 0 aliphatic rings. The van der Waals surface area contributed by atoms with Gasteiger partial charge in [0, 0.05) is 29.9 Å². The molecule has 0 aliphatic carbocycles. The number of hydrogen-bond acceptors (Lipinski definition) is 7. The Bertz CT molecular complexity index is 950. The zero-order valence-electron chi connectivity index (χ0n) is 17.0. The van der Waals surface area contributed by atoms with Crippen LogP contribution in [0.5, 0.6) is 0 Å². The number of aromatic nitrogens is 7. The predicted molar refractivity (Wildman–Crippen MR) is 98.8 cm³/mol. The third kappa shape index (κ3) is 3.48. The van der Waals surface area contributed by atoms with E-state index in [1.165, 1.54) is 4.80 Å². The highest BCUT2D eigenvalue weighted by atomic mass is 79.9. The molecule has 0 atom stereocenters. The van der Waals surface area contributed by atoms with E-state index in [0.717, 1.165) is 4.68 Å². The van der Waals surface area contributed by atoms with Gasteiger partial charge in [0.2, 0.25) is 5.95 Å². The molecule has 9 nitrogen and oxygen atoms in total. The highest BCUT2D eigenvalue weighted by Crippen LogP contribution is 2.26. The largest absolute Gasteiger partial charge is 0.369 e. The summed E-state index contributed by atoms with van der Waals surface area (Å²) >= 11 is 3.38. The molecular formula is C15H20BrN9. The third-order valence-corrected chi connectivity index (χ3v) is 4.16. The molecule has 0 aliphatic heterocycles. The Morgan fingerprint density at radius 2 is 2.08 bits per heavy atom. The van der Waals surface area contributed by atoms with Gasteiger partial charge in [0.15, 0.2) is 0 Å². The van der Waals surface area contributed by atoms with E-state index in [1.54, 1.807) is 24.7 Å². The second-order valence-corrected chi connectivity index (χ2v) is 6.60. The van der Waals surface area contributed by atoms with Crippen molar-refractivity contribution in [3.8, 4) is 0 Å². The van der Waals surface area contributed by atoms with Crippen molar-refractivity contribution in [3.05, 3.63) is 34.8 Å². The number of hydrogen-bond donors (Lipinski definition) is 2. The molecule has 0 saturated carbocycles. The van der Waals surface area contributed by atoms with Crippen LogP contribution in [0.25, 0.3) is 0 Å². The van der Waals surface area contributed by atoms with Gasteiger partial charge in [-0.1, -0.05) is 0 Å². The lowest BCUT2D eigenvalue weighted by atomic mass is 10.0. The first-order chi connectivity index (χ1) is 13.1. The summed E-state index contributed by atoms with van der Waals surface area (Å²) in [5.41, 5.74) is -0.280. The van der Waals surface area contributed by atoms with Crippen LogP contribution in [0, 0.1) is 0 Å². The second-order valence-electron chi connectivity index (χ2n) is 5.75. The molecule has 10 heteroatoms. The highest BCUT2D eigenvalue weighted by molar-refractivity contribution is 9.10. The molecule has 0 saturated heterocycles. The number of nitrogens with one attached hydrogen (secondary N) is 2. The quantitative estimate of drug-likeness (QED) is 0.646. The molecule has 132 valence electrons. The lowest BCUT2D eigenvalue weighted by molar-refractivity contribution is 0.332.